The quantitative estimate of drug-likeness (QED) is 0.188. The summed E-state index contributed by atoms with van der Waals surface area (Å²) in [5, 5.41) is 8.39. The minimum Gasteiger partial charge on any atom is -0.0622 e. The van der Waals surface area contributed by atoms with Crippen molar-refractivity contribution in [2.45, 2.75) is 0 Å². The van der Waals surface area contributed by atoms with Gasteiger partial charge in [0.2, 0.25) is 0 Å². The van der Waals surface area contributed by atoms with Gasteiger partial charge in [-0.3, -0.25) is 0 Å². The van der Waals surface area contributed by atoms with Crippen molar-refractivity contribution in [2.75, 3.05) is 0 Å². The Kier molecular flexibility index (Phi) is 11.3. The normalized spacial score (nSPS) is 10.3. The standard InChI is InChI=1S/2C18H15P.Co/c2*1-4-10-16(11-5-1)19(17-12-6-2-7-13-17)18-14-8-3-9-15-18;/h2*1-15H;. The molecule has 3 heteroatoms. The van der Waals surface area contributed by atoms with Crippen LogP contribution in [0, 0.1) is 0 Å². The van der Waals surface area contributed by atoms with Gasteiger partial charge in [-0.2, -0.15) is 0 Å². The fourth-order valence-electron chi connectivity index (χ4n) is 4.36. The van der Waals surface area contributed by atoms with Crippen LogP contribution in [0.5, 0.6) is 0 Å². The molecule has 39 heavy (non-hydrogen) atoms. The van der Waals surface area contributed by atoms with Crippen molar-refractivity contribution in [2.24, 2.45) is 0 Å². The fourth-order valence-corrected chi connectivity index (χ4v) is 8.97. The molecule has 1 radical (unpaired) electrons. The van der Waals surface area contributed by atoms with E-state index in [1.165, 1.54) is 31.8 Å². The summed E-state index contributed by atoms with van der Waals surface area (Å²) in [4.78, 5) is 0. The van der Waals surface area contributed by atoms with Crippen molar-refractivity contribution in [3.8, 4) is 0 Å². The SMILES string of the molecule is [Co].c1ccc(P(c2ccccc2)c2ccccc2)cc1.c1ccc(P(c2ccccc2)c2ccccc2)cc1. The molecule has 0 aliphatic rings. The summed E-state index contributed by atoms with van der Waals surface area (Å²) in [7, 11) is -0.892. The van der Waals surface area contributed by atoms with Gasteiger partial charge in [-0.15, -0.1) is 0 Å². The molecule has 0 heterocycles. The summed E-state index contributed by atoms with van der Waals surface area (Å²) in [6.45, 7) is 0. The van der Waals surface area contributed by atoms with E-state index in [4.69, 9.17) is 0 Å². The van der Waals surface area contributed by atoms with Crippen LogP contribution < -0.4 is 31.8 Å². The molecule has 6 rings (SSSR count). The molecule has 6 aromatic carbocycles. The molecular formula is C36H30CoP2. The first-order valence-electron chi connectivity index (χ1n) is 12.8. The first kappa shape index (κ1) is 28.7. The minimum atomic E-state index is -0.446. The van der Waals surface area contributed by atoms with Crippen LogP contribution in [0.2, 0.25) is 0 Å². The molecule has 0 atom stereocenters. The van der Waals surface area contributed by atoms with Crippen LogP contribution in [0.3, 0.4) is 0 Å². The van der Waals surface area contributed by atoms with Crippen molar-refractivity contribution < 1.29 is 16.8 Å². The Labute approximate surface area is 245 Å². The Morgan fingerprint density at radius 1 is 0.205 bits per heavy atom. The molecule has 0 N–H and O–H groups in total. The van der Waals surface area contributed by atoms with Crippen molar-refractivity contribution in [3.63, 3.8) is 0 Å². The van der Waals surface area contributed by atoms with E-state index in [-0.39, 0.29) is 16.8 Å². The molecule has 0 nitrogen and oxygen atoms in total. The van der Waals surface area contributed by atoms with Crippen molar-refractivity contribution in [1.82, 2.24) is 0 Å². The summed E-state index contributed by atoms with van der Waals surface area (Å²) < 4.78 is 0. The van der Waals surface area contributed by atoms with E-state index >= 15 is 0 Å². The molecular weight excluding hydrogens is 553 g/mol. The molecule has 0 aromatic heterocycles. The third-order valence-corrected chi connectivity index (χ3v) is 11.0. The first-order chi connectivity index (χ1) is 18.9. The van der Waals surface area contributed by atoms with Gasteiger partial charge in [-0.25, -0.2) is 0 Å². The predicted molar refractivity (Wildman–Crippen MR) is 170 cm³/mol. The van der Waals surface area contributed by atoms with Gasteiger partial charge in [0.25, 0.3) is 0 Å². The average Bonchev–Trinajstić information content (AvgIpc) is 3.01. The van der Waals surface area contributed by atoms with Crippen molar-refractivity contribution in [3.05, 3.63) is 182 Å². The average molecular weight is 584 g/mol. The molecule has 0 amide bonds. The topological polar surface area (TPSA) is 0 Å². The molecule has 0 unspecified atom stereocenters. The summed E-state index contributed by atoms with van der Waals surface area (Å²) in [5.41, 5.74) is 0. The van der Waals surface area contributed by atoms with Crippen molar-refractivity contribution >= 4 is 47.7 Å². The molecule has 6 aromatic rings. The van der Waals surface area contributed by atoms with Crippen LogP contribution >= 0.6 is 15.8 Å². The van der Waals surface area contributed by atoms with Crippen LogP contribution in [-0.4, -0.2) is 0 Å². The molecule has 0 aliphatic heterocycles. The van der Waals surface area contributed by atoms with Gasteiger partial charge in [0.1, 0.15) is 0 Å². The van der Waals surface area contributed by atoms with Gasteiger partial charge in [0.15, 0.2) is 0 Å². The monoisotopic (exact) mass is 583 g/mol. The summed E-state index contributed by atoms with van der Waals surface area (Å²) in [6, 6.07) is 64.7. The van der Waals surface area contributed by atoms with Crippen molar-refractivity contribution in [1.29, 1.82) is 0 Å². The maximum atomic E-state index is 2.23. The molecule has 0 bridgehead atoms. The summed E-state index contributed by atoms with van der Waals surface area (Å²) in [6.07, 6.45) is 0. The molecule has 0 saturated carbocycles. The number of hydrogen-bond donors (Lipinski definition) is 0. The van der Waals surface area contributed by atoms with Crippen LogP contribution in [0.4, 0.5) is 0 Å². The smallest absolute Gasteiger partial charge is 0 e. The Morgan fingerprint density at radius 2 is 0.333 bits per heavy atom. The van der Waals surface area contributed by atoms with Gasteiger partial charge in [0.05, 0.1) is 0 Å². The van der Waals surface area contributed by atoms with E-state index < -0.39 is 15.8 Å². The number of hydrogen-bond acceptors (Lipinski definition) is 0. The fraction of sp³-hybridized carbons (Fsp3) is 0. The Morgan fingerprint density at radius 3 is 0.462 bits per heavy atom. The number of rotatable bonds is 6. The first-order valence-corrected chi connectivity index (χ1v) is 15.5. The Hall–Kier alpha value is -3.31. The van der Waals surface area contributed by atoms with Crippen LogP contribution in [0.25, 0.3) is 0 Å². The van der Waals surface area contributed by atoms with Gasteiger partial charge in [0, 0.05) is 16.8 Å². The van der Waals surface area contributed by atoms with Crippen LogP contribution in [0.1, 0.15) is 0 Å². The zero-order valence-corrected chi connectivity index (χ0v) is 24.4. The predicted octanol–water partition coefficient (Wildman–Crippen LogP) is 6.89. The van der Waals surface area contributed by atoms with Gasteiger partial charge >= 0.3 is 0 Å². The molecule has 0 aliphatic carbocycles. The Bertz CT molecular complexity index is 1170. The largest absolute Gasteiger partial charge is 0.0622 e. The van der Waals surface area contributed by atoms with E-state index in [1.54, 1.807) is 0 Å². The second-order valence-electron chi connectivity index (χ2n) is 8.68. The maximum Gasteiger partial charge on any atom is 0 e. The summed E-state index contributed by atoms with van der Waals surface area (Å²) >= 11 is 0. The van der Waals surface area contributed by atoms with Gasteiger partial charge in [-0.05, 0) is 47.7 Å². The second-order valence-corrected chi connectivity index (χ2v) is 13.1. The molecule has 0 fully saturated rings. The van der Waals surface area contributed by atoms with Crippen LogP contribution in [0.15, 0.2) is 182 Å². The second kappa shape index (κ2) is 15.3. The molecule has 0 spiro atoms. The third kappa shape index (κ3) is 7.86. The minimum absolute atomic E-state index is 0. The van der Waals surface area contributed by atoms with Gasteiger partial charge < -0.3 is 0 Å². The van der Waals surface area contributed by atoms with Gasteiger partial charge in [-0.1, -0.05) is 182 Å². The zero-order chi connectivity index (χ0) is 25.8. The third-order valence-electron chi connectivity index (χ3n) is 6.09. The van der Waals surface area contributed by atoms with E-state index in [2.05, 4.69) is 182 Å². The number of benzene rings is 6. The van der Waals surface area contributed by atoms with E-state index in [1.807, 2.05) is 0 Å². The van der Waals surface area contributed by atoms with Crippen LogP contribution in [-0.2, 0) is 16.8 Å². The Balaban J connectivity index is 0.000000176. The maximum absolute atomic E-state index is 2.23. The van der Waals surface area contributed by atoms with E-state index in [0.29, 0.717) is 0 Å². The van der Waals surface area contributed by atoms with E-state index in [0.717, 1.165) is 0 Å². The van der Waals surface area contributed by atoms with E-state index in [9.17, 15) is 0 Å². The summed E-state index contributed by atoms with van der Waals surface area (Å²) in [5.74, 6) is 0. The zero-order valence-electron chi connectivity index (χ0n) is 21.5. The molecule has 0 saturated heterocycles. The molecule has 193 valence electrons.